The van der Waals surface area contributed by atoms with E-state index in [2.05, 4.69) is 11.4 Å². The molecule has 1 aromatic carbocycles. The molecule has 3 nitrogen and oxygen atoms in total. The van der Waals surface area contributed by atoms with E-state index in [0.717, 1.165) is 30.1 Å². The minimum Gasteiger partial charge on any atom is -0.491 e. The standard InChI is InChI=1S/C14H22N2O/c1-4-5-6-7-16-13-8-12(15)9-14(10-13)17-11(2)3/h4-5,8-11,16H,6-7,15H2,1-3H3/b5-4+. The zero-order valence-corrected chi connectivity index (χ0v) is 10.9. The van der Waals surface area contributed by atoms with E-state index < -0.39 is 0 Å². The molecule has 0 bridgehead atoms. The molecule has 0 aliphatic carbocycles. The van der Waals surface area contributed by atoms with E-state index >= 15 is 0 Å². The Labute approximate surface area is 104 Å². The van der Waals surface area contributed by atoms with Gasteiger partial charge in [-0.1, -0.05) is 12.2 Å². The van der Waals surface area contributed by atoms with Crippen molar-refractivity contribution in [1.82, 2.24) is 0 Å². The summed E-state index contributed by atoms with van der Waals surface area (Å²) < 4.78 is 5.63. The quantitative estimate of drug-likeness (QED) is 0.450. The van der Waals surface area contributed by atoms with E-state index in [1.54, 1.807) is 0 Å². The van der Waals surface area contributed by atoms with Gasteiger partial charge in [-0.2, -0.15) is 0 Å². The van der Waals surface area contributed by atoms with Crippen molar-refractivity contribution >= 4 is 11.4 Å². The maximum Gasteiger partial charge on any atom is 0.123 e. The number of allylic oxidation sites excluding steroid dienone is 1. The first-order chi connectivity index (χ1) is 8.11. The van der Waals surface area contributed by atoms with Crippen molar-refractivity contribution in [1.29, 1.82) is 0 Å². The lowest BCUT2D eigenvalue weighted by Crippen LogP contribution is -2.07. The van der Waals surface area contributed by atoms with Gasteiger partial charge in [-0.15, -0.1) is 0 Å². The number of nitrogen functional groups attached to an aromatic ring is 1. The molecule has 0 fully saturated rings. The Kier molecular flexibility index (Phi) is 5.40. The highest BCUT2D eigenvalue weighted by Crippen LogP contribution is 2.23. The molecule has 0 aliphatic rings. The monoisotopic (exact) mass is 234 g/mol. The van der Waals surface area contributed by atoms with E-state index in [0.29, 0.717) is 0 Å². The smallest absolute Gasteiger partial charge is 0.123 e. The molecule has 0 saturated heterocycles. The van der Waals surface area contributed by atoms with Crippen molar-refractivity contribution in [3.63, 3.8) is 0 Å². The van der Waals surface area contributed by atoms with E-state index in [9.17, 15) is 0 Å². The molecule has 0 atom stereocenters. The van der Waals surface area contributed by atoms with Gasteiger partial charge < -0.3 is 15.8 Å². The number of rotatable bonds is 6. The fourth-order valence-corrected chi connectivity index (χ4v) is 1.53. The lowest BCUT2D eigenvalue weighted by molar-refractivity contribution is 0.242. The van der Waals surface area contributed by atoms with E-state index in [-0.39, 0.29) is 6.10 Å². The largest absolute Gasteiger partial charge is 0.491 e. The summed E-state index contributed by atoms with van der Waals surface area (Å²) in [6, 6.07) is 5.74. The lowest BCUT2D eigenvalue weighted by atomic mass is 10.2. The first-order valence-corrected chi connectivity index (χ1v) is 6.04. The molecule has 0 unspecified atom stereocenters. The molecule has 0 aromatic heterocycles. The molecule has 17 heavy (non-hydrogen) atoms. The second-order valence-electron chi connectivity index (χ2n) is 4.24. The third-order valence-corrected chi connectivity index (χ3v) is 2.18. The molecular formula is C14H22N2O. The second kappa shape index (κ2) is 6.84. The zero-order chi connectivity index (χ0) is 12.7. The molecule has 0 amide bonds. The normalized spacial score (nSPS) is 11.1. The van der Waals surface area contributed by atoms with Crippen molar-refractivity contribution in [2.45, 2.75) is 33.3 Å². The summed E-state index contributed by atoms with van der Waals surface area (Å²) >= 11 is 0. The Morgan fingerprint density at radius 3 is 2.76 bits per heavy atom. The van der Waals surface area contributed by atoms with Crippen molar-refractivity contribution in [2.75, 3.05) is 17.6 Å². The number of benzene rings is 1. The zero-order valence-electron chi connectivity index (χ0n) is 10.9. The Bertz CT molecular complexity index is 372. The maximum atomic E-state index is 5.83. The molecule has 3 N–H and O–H groups in total. The van der Waals surface area contributed by atoms with Crippen LogP contribution in [-0.2, 0) is 0 Å². The van der Waals surface area contributed by atoms with Gasteiger partial charge in [0.1, 0.15) is 5.75 Å². The Hall–Kier alpha value is -1.64. The molecule has 0 heterocycles. The summed E-state index contributed by atoms with van der Waals surface area (Å²) in [6.45, 7) is 6.93. The van der Waals surface area contributed by atoms with Crippen LogP contribution >= 0.6 is 0 Å². The number of hydrogen-bond acceptors (Lipinski definition) is 3. The van der Waals surface area contributed by atoms with Crippen molar-refractivity contribution in [2.24, 2.45) is 0 Å². The van der Waals surface area contributed by atoms with Gasteiger partial charge in [0.2, 0.25) is 0 Å². The van der Waals surface area contributed by atoms with Crippen LogP contribution in [0.4, 0.5) is 11.4 Å². The minimum atomic E-state index is 0.160. The van der Waals surface area contributed by atoms with Crippen molar-refractivity contribution in [3.05, 3.63) is 30.4 Å². The molecule has 0 aliphatic heterocycles. The second-order valence-corrected chi connectivity index (χ2v) is 4.24. The number of ether oxygens (including phenoxy) is 1. The predicted molar refractivity (Wildman–Crippen MR) is 74.5 cm³/mol. The third kappa shape index (κ3) is 5.29. The number of hydrogen-bond donors (Lipinski definition) is 2. The average Bonchev–Trinajstić information content (AvgIpc) is 2.22. The van der Waals surface area contributed by atoms with Crippen LogP contribution < -0.4 is 15.8 Å². The summed E-state index contributed by atoms with van der Waals surface area (Å²) in [7, 11) is 0. The highest BCUT2D eigenvalue weighted by molar-refractivity contribution is 5.59. The van der Waals surface area contributed by atoms with Crippen LogP contribution in [0.5, 0.6) is 5.75 Å². The minimum absolute atomic E-state index is 0.160. The molecule has 0 spiro atoms. The fourth-order valence-electron chi connectivity index (χ4n) is 1.53. The average molecular weight is 234 g/mol. The van der Waals surface area contributed by atoms with Crippen LogP contribution in [0.3, 0.4) is 0 Å². The highest BCUT2D eigenvalue weighted by atomic mass is 16.5. The molecule has 0 saturated carbocycles. The van der Waals surface area contributed by atoms with Crippen LogP contribution in [0, 0.1) is 0 Å². The van der Waals surface area contributed by atoms with Crippen LogP contribution in [0.25, 0.3) is 0 Å². The van der Waals surface area contributed by atoms with Gasteiger partial charge in [0.15, 0.2) is 0 Å². The molecule has 1 rings (SSSR count). The molecule has 0 radical (unpaired) electrons. The summed E-state index contributed by atoms with van der Waals surface area (Å²) in [5.41, 5.74) is 7.56. The van der Waals surface area contributed by atoms with Crippen LogP contribution in [0.15, 0.2) is 30.4 Å². The lowest BCUT2D eigenvalue weighted by Gasteiger charge is -2.13. The Morgan fingerprint density at radius 2 is 2.12 bits per heavy atom. The summed E-state index contributed by atoms with van der Waals surface area (Å²) in [6.07, 6.45) is 5.35. The summed E-state index contributed by atoms with van der Waals surface area (Å²) in [5.74, 6) is 0.813. The molecule has 3 heteroatoms. The summed E-state index contributed by atoms with van der Waals surface area (Å²) in [4.78, 5) is 0. The topological polar surface area (TPSA) is 47.3 Å². The van der Waals surface area contributed by atoms with Gasteiger partial charge in [0.25, 0.3) is 0 Å². The Balaban J connectivity index is 2.62. The molecule has 94 valence electrons. The number of nitrogens with one attached hydrogen (secondary N) is 1. The molecular weight excluding hydrogens is 212 g/mol. The fraction of sp³-hybridized carbons (Fsp3) is 0.429. The van der Waals surface area contributed by atoms with Crippen LogP contribution in [0.2, 0.25) is 0 Å². The van der Waals surface area contributed by atoms with E-state index in [1.165, 1.54) is 0 Å². The summed E-state index contributed by atoms with van der Waals surface area (Å²) in [5, 5.41) is 3.32. The van der Waals surface area contributed by atoms with Gasteiger partial charge in [-0.3, -0.25) is 0 Å². The van der Waals surface area contributed by atoms with Gasteiger partial charge >= 0.3 is 0 Å². The van der Waals surface area contributed by atoms with Gasteiger partial charge in [0, 0.05) is 30.1 Å². The SMILES string of the molecule is C/C=C/CCNc1cc(N)cc(OC(C)C)c1. The van der Waals surface area contributed by atoms with E-state index in [1.807, 2.05) is 45.0 Å². The maximum absolute atomic E-state index is 5.83. The van der Waals surface area contributed by atoms with Crippen LogP contribution in [-0.4, -0.2) is 12.6 Å². The van der Waals surface area contributed by atoms with Crippen molar-refractivity contribution in [3.8, 4) is 5.75 Å². The molecule has 1 aromatic rings. The van der Waals surface area contributed by atoms with Gasteiger partial charge in [0.05, 0.1) is 6.10 Å². The van der Waals surface area contributed by atoms with Gasteiger partial charge in [-0.05, 0) is 33.3 Å². The first-order valence-electron chi connectivity index (χ1n) is 6.04. The number of nitrogens with two attached hydrogens (primary N) is 1. The van der Waals surface area contributed by atoms with E-state index in [4.69, 9.17) is 10.5 Å². The highest BCUT2D eigenvalue weighted by Gasteiger charge is 2.01. The van der Waals surface area contributed by atoms with Gasteiger partial charge in [-0.25, -0.2) is 0 Å². The third-order valence-electron chi connectivity index (χ3n) is 2.18. The first kappa shape index (κ1) is 13.4. The number of anilines is 2. The van der Waals surface area contributed by atoms with Crippen LogP contribution in [0.1, 0.15) is 27.2 Å². The van der Waals surface area contributed by atoms with Crippen molar-refractivity contribution < 1.29 is 4.74 Å². The predicted octanol–water partition coefficient (Wildman–Crippen LogP) is 3.43. The Morgan fingerprint density at radius 1 is 1.35 bits per heavy atom.